The largest absolute Gasteiger partial charge is 0.460 e. The van der Waals surface area contributed by atoms with Crippen molar-refractivity contribution >= 4 is 22.6 Å². The molecule has 0 radical (unpaired) electrons. The number of rotatable bonds is 9. The Morgan fingerprint density at radius 2 is 0.848 bits per heavy atom. The van der Waals surface area contributed by atoms with E-state index in [4.69, 9.17) is 0 Å². The van der Waals surface area contributed by atoms with Crippen LogP contribution in [0, 0.1) is 11.8 Å². The van der Waals surface area contributed by atoms with Crippen LogP contribution in [0.5, 0.6) is 0 Å². The molecule has 0 saturated carbocycles. The topological polar surface area (TPSA) is 9.23 Å². The molecule has 0 aromatic rings. The molecule has 33 heavy (non-hydrogen) atoms. The van der Waals surface area contributed by atoms with Crippen molar-refractivity contribution in [2.45, 2.75) is 54.1 Å². The minimum absolute atomic E-state index is 0.118. The third-order valence-corrected chi connectivity index (χ3v) is 5.97. The van der Waals surface area contributed by atoms with Gasteiger partial charge >= 0.3 is 47.6 Å². The average molecular weight is 644 g/mol. The van der Waals surface area contributed by atoms with Gasteiger partial charge in [-0.25, -0.2) is 0 Å². The van der Waals surface area contributed by atoms with Crippen molar-refractivity contribution in [3.8, 4) is 0 Å². The molecule has 1 heterocycles. The molecule has 0 aliphatic carbocycles. The third-order valence-electron chi connectivity index (χ3n) is 4.83. The lowest BCUT2D eigenvalue weighted by Gasteiger charge is -2.43. The van der Waals surface area contributed by atoms with Crippen LogP contribution in [0.3, 0.4) is 0 Å². The van der Waals surface area contributed by atoms with Crippen LogP contribution < -0.4 is 0 Å². The number of hydrogen-bond donors (Lipinski definition) is 0. The van der Waals surface area contributed by atoms with Crippen LogP contribution >= 0.6 is 22.6 Å². The quantitative estimate of drug-likeness (QED) is 0.148. The molecule has 0 bridgehead atoms. The number of halogens is 18. The fourth-order valence-electron chi connectivity index (χ4n) is 2.69. The van der Waals surface area contributed by atoms with Crippen molar-refractivity contribution < 1.29 is 79.4 Å². The highest BCUT2D eigenvalue weighted by atomic mass is 127. The molecule has 2 unspecified atom stereocenters. The molecule has 1 nitrogen and oxygen atoms in total. The zero-order valence-electron chi connectivity index (χ0n) is 15.2. The van der Waals surface area contributed by atoms with Crippen LogP contribution in [0.1, 0.15) is 6.42 Å². The summed E-state index contributed by atoms with van der Waals surface area (Å²) in [6.45, 7) is -1.17. The maximum absolute atomic E-state index is 13.9. The average Bonchev–Trinajstić information content (AvgIpc) is 3.06. The number of hydrogen-bond acceptors (Lipinski definition) is 1. The highest BCUT2D eigenvalue weighted by Gasteiger charge is 2.95. The molecule has 198 valence electrons. The maximum Gasteiger partial charge on any atom is 0.460 e. The van der Waals surface area contributed by atoms with Gasteiger partial charge in [-0.05, 0) is 11.8 Å². The molecule has 1 saturated heterocycles. The Bertz CT molecular complexity index is 700. The first-order chi connectivity index (χ1) is 14.3. The predicted octanol–water partition coefficient (Wildman–Crippen LogP) is 7.08. The van der Waals surface area contributed by atoms with Crippen LogP contribution in [0.15, 0.2) is 0 Å². The first-order valence-electron chi connectivity index (χ1n) is 8.13. The lowest BCUT2D eigenvalue weighted by molar-refractivity contribution is -0.462. The standard InChI is InChI=1S/C14H10F17IO/c15-7(16,1-5-3-33-4-6(5)2-32)8(17,18)9(19,20)10(21,22)11(23,24)12(25,26)13(27,28)14(29,30)31/h5-6H,1-4H2. The Balaban J connectivity index is 3.50. The summed E-state index contributed by atoms with van der Waals surface area (Å²) < 4.78 is 229. The molecule has 0 spiro atoms. The van der Waals surface area contributed by atoms with Gasteiger partial charge in [-0.3, -0.25) is 0 Å². The minimum Gasteiger partial charge on any atom is -0.381 e. The Hall–Kier alpha value is -0.500. The molecule has 1 aliphatic heterocycles. The fourth-order valence-corrected chi connectivity index (χ4v) is 3.67. The maximum atomic E-state index is 13.9. The van der Waals surface area contributed by atoms with E-state index in [0.717, 1.165) is 0 Å². The van der Waals surface area contributed by atoms with Gasteiger partial charge in [-0.2, -0.15) is 74.6 Å². The van der Waals surface area contributed by atoms with Crippen molar-refractivity contribution in [2.24, 2.45) is 11.8 Å². The third kappa shape index (κ3) is 4.34. The van der Waals surface area contributed by atoms with E-state index in [1.165, 1.54) is 22.6 Å². The summed E-state index contributed by atoms with van der Waals surface area (Å²) in [5, 5.41) is 0. The van der Waals surface area contributed by atoms with E-state index < -0.39 is 72.5 Å². The number of alkyl halides is 18. The molecule has 0 amide bonds. The van der Waals surface area contributed by atoms with Crippen LogP contribution in [0.25, 0.3) is 0 Å². The predicted molar refractivity (Wildman–Crippen MR) is 82.0 cm³/mol. The van der Waals surface area contributed by atoms with Gasteiger partial charge in [0.25, 0.3) is 0 Å². The molecule has 0 N–H and O–H groups in total. The first-order valence-corrected chi connectivity index (χ1v) is 9.65. The highest BCUT2D eigenvalue weighted by molar-refractivity contribution is 14.1. The van der Waals surface area contributed by atoms with Gasteiger partial charge in [0.1, 0.15) is 0 Å². The van der Waals surface area contributed by atoms with Gasteiger partial charge in [0.05, 0.1) is 6.61 Å². The SMILES string of the molecule is FC(F)(F)C(F)(F)C(F)(F)C(F)(F)C(F)(F)C(F)(F)C(F)(F)C(F)(F)CC1COCC1CI. The van der Waals surface area contributed by atoms with Crippen LogP contribution in [0.4, 0.5) is 74.6 Å². The second-order valence-electron chi connectivity index (χ2n) is 7.06. The van der Waals surface area contributed by atoms with E-state index in [0.29, 0.717) is 0 Å². The summed E-state index contributed by atoms with van der Waals surface area (Å²) in [5.74, 6) is -58.7. The summed E-state index contributed by atoms with van der Waals surface area (Å²) in [6.07, 6.45) is -10.2. The zero-order chi connectivity index (χ0) is 26.7. The normalized spacial score (nSPS) is 22.7. The van der Waals surface area contributed by atoms with E-state index in [1.54, 1.807) is 0 Å². The summed E-state index contributed by atoms with van der Waals surface area (Å²) in [4.78, 5) is 0. The van der Waals surface area contributed by atoms with Crippen molar-refractivity contribution in [1.82, 2.24) is 0 Å². The van der Waals surface area contributed by atoms with Gasteiger partial charge < -0.3 is 4.74 Å². The second kappa shape index (κ2) is 8.56. The Morgan fingerprint density at radius 3 is 1.21 bits per heavy atom. The lowest BCUT2D eigenvalue weighted by Crippen LogP contribution is -2.74. The molecule has 0 aromatic carbocycles. The summed E-state index contributed by atoms with van der Waals surface area (Å²) in [7, 11) is 0. The molecular formula is C14H10F17IO. The Kier molecular flexibility index (Phi) is 7.92. The van der Waals surface area contributed by atoms with Gasteiger partial charge in [-0.15, -0.1) is 0 Å². The van der Waals surface area contributed by atoms with Crippen molar-refractivity contribution in [1.29, 1.82) is 0 Å². The van der Waals surface area contributed by atoms with Gasteiger partial charge in [0.2, 0.25) is 0 Å². The number of ether oxygens (including phenoxy) is 1. The van der Waals surface area contributed by atoms with Crippen LogP contribution in [-0.2, 0) is 4.74 Å². The summed E-state index contributed by atoms with van der Waals surface area (Å²) >= 11 is 1.51. The van der Waals surface area contributed by atoms with Gasteiger partial charge in [-0.1, -0.05) is 22.6 Å². The van der Waals surface area contributed by atoms with E-state index in [-0.39, 0.29) is 11.0 Å². The van der Waals surface area contributed by atoms with Crippen molar-refractivity contribution in [2.75, 3.05) is 17.6 Å². The zero-order valence-corrected chi connectivity index (χ0v) is 17.4. The van der Waals surface area contributed by atoms with E-state index in [9.17, 15) is 74.6 Å². The Morgan fingerprint density at radius 1 is 0.515 bits per heavy atom. The van der Waals surface area contributed by atoms with Crippen molar-refractivity contribution in [3.63, 3.8) is 0 Å². The molecule has 1 aliphatic rings. The molecule has 1 rings (SSSR count). The molecule has 2 atom stereocenters. The van der Waals surface area contributed by atoms with E-state index in [1.807, 2.05) is 0 Å². The van der Waals surface area contributed by atoms with Gasteiger partial charge in [0, 0.05) is 17.5 Å². The summed E-state index contributed by atoms with van der Waals surface area (Å²) in [5.41, 5.74) is 0. The molecule has 0 aromatic heterocycles. The fraction of sp³-hybridized carbons (Fsp3) is 1.00. The smallest absolute Gasteiger partial charge is 0.381 e. The van der Waals surface area contributed by atoms with Crippen molar-refractivity contribution in [3.05, 3.63) is 0 Å². The van der Waals surface area contributed by atoms with Crippen LogP contribution in [0.2, 0.25) is 0 Å². The van der Waals surface area contributed by atoms with Crippen LogP contribution in [-0.4, -0.2) is 65.3 Å². The van der Waals surface area contributed by atoms with E-state index >= 15 is 0 Å². The van der Waals surface area contributed by atoms with E-state index in [2.05, 4.69) is 4.74 Å². The Labute approximate surface area is 186 Å². The summed E-state index contributed by atoms with van der Waals surface area (Å²) in [6, 6.07) is 0. The minimum atomic E-state index is -8.59. The molecular weight excluding hydrogens is 634 g/mol. The monoisotopic (exact) mass is 644 g/mol. The first kappa shape index (κ1) is 30.5. The second-order valence-corrected chi connectivity index (χ2v) is 7.95. The highest BCUT2D eigenvalue weighted by Crippen LogP contribution is 2.64. The molecule has 19 heteroatoms. The lowest BCUT2D eigenvalue weighted by atomic mass is 9.84. The molecule has 1 fully saturated rings. The van der Waals surface area contributed by atoms with Gasteiger partial charge in [0.15, 0.2) is 0 Å².